The second-order valence-electron chi connectivity index (χ2n) is 4.72. The van der Waals surface area contributed by atoms with E-state index in [9.17, 15) is 9.59 Å². The maximum absolute atomic E-state index is 12.6. The molecule has 0 aliphatic rings. The number of aryl methyl sites for hydroxylation is 1. The van der Waals surface area contributed by atoms with Gasteiger partial charge in [-0.15, -0.1) is 11.8 Å². The SMILES string of the molecule is CCN(C(=O)c1cc(SC)ccc1C)C(C)CC(=O)O. The molecule has 0 aliphatic heterocycles. The van der Waals surface area contributed by atoms with Crippen molar-refractivity contribution in [3.05, 3.63) is 29.3 Å². The molecule has 4 nitrogen and oxygen atoms in total. The molecular formula is C15H21NO3S. The lowest BCUT2D eigenvalue weighted by molar-refractivity contribution is -0.138. The van der Waals surface area contributed by atoms with E-state index >= 15 is 0 Å². The molecule has 1 aromatic carbocycles. The highest BCUT2D eigenvalue weighted by molar-refractivity contribution is 7.98. The maximum atomic E-state index is 12.6. The fraction of sp³-hybridized carbons (Fsp3) is 0.467. The highest BCUT2D eigenvalue weighted by Gasteiger charge is 2.23. The van der Waals surface area contributed by atoms with E-state index < -0.39 is 5.97 Å². The zero-order valence-corrected chi connectivity index (χ0v) is 13.2. The molecule has 1 unspecified atom stereocenters. The summed E-state index contributed by atoms with van der Waals surface area (Å²) in [5.74, 6) is -0.993. The summed E-state index contributed by atoms with van der Waals surface area (Å²) in [5, 5.41) is 8.88. The number of carbonyl (C=O) groups is 2. The number of hydrogen-bond acceptors (Lipinski definition) is 3. The van der Waals surface area contributed by atoms with Crippen LogP contribution in [0.2, 0.25) is 0 Å². The van der Waals surface area contributed by atoms with Gasteiger partial charge in [-0.25, -0.2) is 0 Å². The van der Waals surface area contributed by atoms with Crippen LogP contribution in [-0.4, -0.2) is 40.7 Å². The standard InChI is InChI=1S/C15H21NO3S/c1-5-16(11(3)8-14(17)18)15(19)13-9-12(20-4)7-6-10(13)2/h6-7,9,11H,5,8H2,1-4H3,(H,17,18). The number of nitrogens with zero attached hydrogens (tertiary/aromatic N) is 1. The lowest BCUT2D eigenvalue weighted by Crippen LogP contribution is -2.40. The molecule has 1 rings (SSSR count). The summed E-state index contributed by atoms with van der Waals surface area (Å²) in [4.78, 5) is 26.1. The Morgan fingerprint density at radius 3 is 2.55 bits per heavy atom. The third kappa shape index (κ3) is 4.00. The van der Waals surface area contributed by atoms with E-state index in [1.54, 1.807) is 23.6 Å². The van der Waals surface area contributed by atoms with Crippen LogP contribution in [0.4, 0.5) is 0 Å². The lowest BCUT2D eigenvalue weighted by Gasteiger charge is -2.27. The molecule has 0 aliphatic carbocycles. The number of thioether (sulfide) groups is 1. The van der Waals surface area contributed by atoms with Gasteiger partial charge in [-0.2, -0.15) is 0 Å². The minimum absolute atomic E-state index is 0.0408. The Labute approximate surface area is 124 Å². The molecule has 0 radical (unpaired) electrons. The van der Waals surface area contributed by atoms with Crippen LogP contribution >= 0.6 is 11.8 Å². The predicted octanol–water partition coefficient (Wildman–Crippen LogP) is 3.04. The van der Waals surface area contributed by atoms with E-state index in [-0.39, 0.29) is 18.4 Å². The average Bonchev–Trinajstić information content (AvgIpc) is 2.39. The third-order valence-electron chi connectivity index (χ3n) is 3.28. The second kappa shape index (κ2) is 7.33. The fourth-order valence-corrected chi connectivity index (χ4v) is 2.57. The molecule has 1 aromatic rings. The Kier molecular flexibility index (Phi) is 6.07. The Morgan fingerprint density at radius 1 is 1.40 bits per heavy atom. The van der Waals surface area contributed by atoms with E-state index in [2.05, 4.69) is 0 Å². The predicted molar refractivity (Wildman–Crippen MR) is 81.4 cm³/mol. The van der Waals surface area contributed by atoms with Crippen molar-refractivity contribution in [1.29, 1.82) is 0 Å². The smallest absolute Gasteiger partial charge is 0.305 e. The van der Waals surface area contributed by atoms with E-state index in [1.807, 2.05) is 38.3 Å². The van der Waals surface area contributed by atoms with Crippen molar-refractivity contribution in [3.63, 3.8) is 0 Å². The monoisotopic (exact) mass is 295 g/mol. The highest BCUT2D eigenvalue weighted by atomic mass is 32.2. The normalized spacial score (nSPS) is 12.0. The molecule has 1 atom stereocenters. The van der Waals surface area contributed by atoms with E-state index in [1.165, 1.54) is 0 Å². The number of carbonyl (C=O) groups excluding carboxylic acids is 1. The maximum Gasteiger partial charge on any atom is 0.305 e. The summed E-state index contributed by atoms with van der Waals surface area (Å²) in [5.41, 5.74) is 1.56. The molecule has 0 saturated carbocycles. The first-order valence-corrected chi connectivity index (χ1v) is 7.80. The van der Waals surface area contributed by atoms with Crippen molar-refractivity contribution in [2.45, 2.75) is 38.1 Å². The van der Waals surface area contributed by atoms with Gasteiger partial charge < -0.3 is 10.0 Å². The van der Waals surface area contributed by atoms with Gasteiger partial charge in [0.1, 0.15) is 0 Å². The zero-order chi connectivity index (χ0) is 15.3. The van der Waals surface area contributed by atoms with Gasteiger partial charge in [-0.05, 0) is 44.7 Å². The lowest BCUT2D eigenvalue weighted by atomic mass is 10.1. The van der Waals surface area contributed by atoms with Crippen LogP contribution in [-0.2, 0) is 4.79 Å². The van der Waals surface area contributed by atoms with Gasteiger partial charge >= 0.3 is 5.97 Å². The Balaban J connectivity index is 3.04. The molecular weight excluding hydrogens is 274 g/mol. The Hall–Kier alpha value is -1.49. The quantitative estimate of drug-likeness (QED) is 0.820. The van der Waals surface area contributed by atoms with Crippen molar-refractivity contribution in [2.24, 2.45) is 0 Å². The topological polar surface area (TPSA) is 57.6 Å². The average molecular weight is 295 g/mol. The number of carboxylic acid groups (broad SMARTS) is 1. The second-order valence-corrected chi connectivity index (χ2v) is 5.60. The Morgan fingerprint density at radius 2 is 2.05 bits per heavy atom. The molecule has 0 heterocycles. The minimum atomic E-state index is -0.890. The summed E-state index contributed by atoms with van der Waals surface area (Å²) in [7, 11) is 0. The molecule has 0 saturated heterocycles. The molecule has 1 N–H and O–H groups in total. The van der Waals surface area contributed by atoms with Gasteiger partial charge in [0.05, 0.1) is 6.42 Å². The number of amides is 1. The minimum Gasteiger partial charge on any atom is -0.481 e. The molecule has 110 valence electrons. The summed E-state index contributed by atoms with van der Waals surface area (Å²) < 4.78 is 0. The van der Waals surface area contributed by atoms with E-state index in [0.717, 1.165) is 10.5 Å². The van der Waals surface area contributed by atoms with Gasteiger partial charge in [0.2, 0.25) is 0 Å². The van der Waals surface area contributed by atoms with Gasteiger partial charge in [-0.3, -0.25) is 9.59 Å². The summed E-state index contributed by atoms with van der Waals surface area (Å²) >= 11 is 1.58. The zero-order valence-electron chi connectivity index (χ0n) is 12.3. The number of carboxylic acids is 1. The van der Waals surface area contributed by atoms with Crippen LogP contribution in [0.25, 0.3) is 0 Å². The van der Waals surface area contributed by atoms with E-state index in [0.29, 0.717) is 12.1 Å². The fourth-order valence-electron chi connectivity index (χ4n) is 2.13. The highest BCUT2D eigenvalue weighted by Crippen LogP contribution is 2.21. The van der Waals surface area contributed by atoms with Crippen molar-refractivity contribution in [2.75, 3.05) is 12.8 Å². The number of rotatable bonds is 6. The van der Waals surface area contributed by atoms with Gasteiger partial charge in [0, 0.05) is 23.0 Å². The molecule has 5 heteroatoms. The molecule has 0 spiro atoms. The molecule has 0 bridgehead atoms. The van der Waals surface area contributed by atoms with Crippen LogP contribution < -0.4 is 0 Å². The van der Waals surface area contributed by atoms with Crippen molar-refractivity contribution < 1.29 is 14.7 Å². The molecule has 0 fully saturated rings. The first kappa shape index (κ1) is 16.6. The number of aliphatic carboxylic acids is 1. The molecule has 20 heavy (non-hydrogen) atoms. The first-order valence-electron chi connectivity index (χ1n) is 6.58. The van der Waals surface area contributed by atoms with Crippen molar-refractivity contribution >= 4 is 23.6 Å². The van der Waals surface area contributed by atoms with Crippen LogP contribution in [0.15, 0.2) is 23.1 Å². The molecule has 0 aromatic heterocycles. The Bertz CT molecular complexity index is 502. The van der Waals surface area contributed by atoms with Gasteiger partial charge in [0.25, 0.3) is 5.91 Å². The van der Waals surface area contributed by atoms with Crippen LogP contribution in [0.3, 0.4) is 0 Å². The van der Waals surface area contributed by atoms with Crippen LogP contribution in [0.5, 0.6) is 0 Å². The van der Waals surface area contributed by atoms with Gasteiger partial charge in [0.15, 0.2) is 0 Å². The van der Waals surface area contributed by atoms with E-state index in [4.69, 9.17) is 5.11 Å². The summed E-state index contributed by atoms with van der Waals surface area (Å²) in [6.45, 7) is 6.02. The third-order valence-corrected chi connectivity index (χ3v) is 4.00. The largest absolute Gasteiger partial charge is 0.481 e. The van der Waals surface area contributed by atoms with Crippen molar-refractivity contribution in [3.8, 4) is 0 Å². The van der Waals surface area contributed by atoms with Crippen LogP contribution in [0, 0.1) is 6.92 Å². The van der Waals surface area contributed by atoms with Crippen molar-refractivity contribution in [1.82, 2.24) is 4.90 Å². The number of benzene rings is 1. The summed E-state index contributed by atoms with van der Waals surface area (Å²) in [6.07, 6.45) is 1.92. The first-order chi connectivity index (χ1) is 9.40. The summed E-state index contributed by atoms with van der Waals surface area (Å²) in [6, 6.07) is 5.46. The molecule has 1 amide bonds. The van der Waals surface area contributed by atoms with Gasteiger partial charge in [-0.1, -0.05) is 6.07 Å². The number of hydrogen-bond donors (Lipinski definition) is 1. The van der Waals surface area contributed by atoms with Crippen LogP contribution in [0.1, 0.15) is 36.2 Å².